The van der Waals surface area contributed by atoms with Crippen LogP contribution in [0.2, 0.25) is 0 Å². The number of aromatic nitrogens is 1. The molecule has 1 fully saturated rings. The lowest BCUT2D eigenvalue weighted by Crippen LogP contribution is -2.29. The maximum Gasteiger partial charge on any atom is 0.233 e. The fourth-order valence-electron chi connectivity index (χ4n) is 1.58. The smallest absolute Gasteiger partial charge is 0.233 e. The number of thiazole rings is 1. The molecule has 90 valence electrons. The van der Waals surface area contributed by atoms with E-state index >= 15 is 0 Å². The van der Waals surface area contributed by atoms with Gasteiger partial charge in [0.2, 0.25) is 5.91 Å². The Bertz CT molecular complexity index is 350. The van der Waals surface area contributed by atoms with Crippen LogP contribution in [-0.2, 0) is 4.79 Å². The lowest BCUT2D eigenvalue weighted by molar-refractivity contribution is -0.127. The highest BCUT2D eigenvalue weighted by atomic mass is 35.5. The number of amides is 1. The Morgan fingerprint density at radius 1 is 1.56 bits per heavy atom. The number of hydrogen-bond acceptors (Lipinski definition) is 4. The molecule has 0 saturated carbocycles. The number of carbonyl (C=O) groups excluding carboxylic acids is 1. The molecular formula is C10H15ClN2OS2. The number of likely N-dealkylation sites (tertiary alicyclic amines) is 1. The van der Waals surface area contributed by atoms with E-state index in [0.29, 0.717) is 5.75 Å². The Morgan fingerprint density at radius 3 is 2.81 bits per heavy atom. The molecule has 1 aromatic rings. The van der Waals surface area contributed by atoms with Crippen molar-refractivity contribution in [1.82, 2.24) is 9.88 Å². The number of halogens is 1. The van der Waals surface area contributed by atoms with Crippen LogP contribution in [0.15, 0.2) is 9.72 Å². The summed E-state index contributed by atoms with van der Waals surface area (Å²) in [5.74, 6) is 0.790. The van der Waals surface area contributed by atoms with Gasteiger partial charge in [-0.25, -0.2) is 4.98 Å². The second-order valence-electron chi connectivity index (χ2n) is 3.63. The predicted molar refractivity (Wildman–Crippen MR) is 70.6 cm³/mol. The van der Waals surface area contributed by atoms with Crippen LogP contribution < -0.4 is 0 Å². The van der Waals surface area contributed by atoms with Gasteiger partial charge < -0.3 is 4.90 Å². The highest BCUT2D eigenvalue weighted by Gasteiger charge is 2.17. The van der Waals surface area contributed by atoms with Crippen LogP contribution in [0.5, 0.6) is 0 Å². The van der Waals surface area contributed by atoms with Crippen molar-refractivity contribution >= 4 is 41.4 Å². The molecule has 1 amide bonds. The van der Waals surface area contributed by atoms with Crippen molar-refractivity contribution in [3.8, 4) is 0 Å². The van der Waals surface area contributed by atoms with Crippen LogP contribution in [-0.4, -0.2) is 34.6 Å². The standard InChI is InChI=1S/C10H14N2OS2.ClH/c1-8-6-14-10(11-8)15-7-9(13)12-4-2-3-5-12;/h6H,2-5,7H2,1H3;1H. The van der Waals surface area contributed by atoms with Crippen LogP contribution in [0.4, 0.5) is 0 Å². The minimum atomic E-state index is 0. The number of rotatable bonds is 3. The van der Waals surface area contributed by atoms with Crippen molar-refractivity contribution in [2.75, 3.05) is 18.8 Å². The molecule has 1 aromatic heterocycles. The van der Waals surface area contributed by atoms with E-state index in [1.54, 1.807) is 23.1 Å². The zero-order valence-electron chi connectivity index (χ0n) is 9.14. The van der Waals surface area contributed by atoms with Crippen molar-refractivity contribution in [2.24, 2.45) is 0 Å². The molecule has 16 heavy (non-hydrogen) atoms. The maximum absolute atomic E-state index is 11.7. The summed E-state index contributed by atoms with van der Waals surface area (Å²) in [6.07, 6.45) is 2.32. The van der Waals surface area contributed by atoms with Gasteiger partial charge in [-0.05, 0) is 19.8 Å². The van der Waals surface area contributed by atoms with E-state index in [1.807, 2.05) is 17.2 Å². The van der Waals surface area contributed by atoms with Crippen LogP contribution in [0, 0.1) is 6.92 Å². The van der Waals surface area contributed by atoms with Gasteiger partial charge >= 0.3 is 0 Å². The SMILES string of the molecule is Cc1csc(SCC(=O)N2CCCC2)n1.Cl. The van der Waals surface area contributed by atoms with E-state index in [4.69, 9.17) is 0 Å². The Morgan fingerprint density at radius 2 is 2.25 bits per heavy atom. The zero-order valence-corrected chi connectivity index (χ0v) is 11.6. The second-order valence-corrected chi connectivity index (χ2v) is 5.71. The summed E-state index contributed by atoms with van der Waals surface area (Å²) in [5, 5.41) is 2.02. The molecule has 0 N–H and O–H groups in total. The van der Waals surface area contributed by atoms with Gasteiger partial charge in [-0.3, -0.25) is 4.79 Å². The fraction of sp³-hybridized carbons (Fsp3) is 0.600. The number of nitrogens with zero attached hydrogens (tertiary/aromatic N) is 2. The Labute approximate surface area is 110 Å². The predicted octanol–water partition coefficient (Wildman–Crippen LogP) is 2.59. The van der Waals surface area contributed by atoms with Crippen LogP contribution in [0.3, 0.4) is 0 Å². The normalized spacial score (nSPS) is 14.9. The average Bonchev–Trinajstić information content (AvgIpc) is 2.84. The molecule has 1 saturated heterocycles. The molecule has 0 aliphatic carbocycles. The van der Waals surface area contributed by atoms with E-state index in [9.17, 15) is 4.79 Å². The molecular weight excluding hydrogens is 264 g/mol. The molecule has 0 bridgehead atoms. The van der Waals surface area contributed by atoms with Gasteiger partial charge in [0.05, 0.1) is 5.75 Å². The third-order valence-corrected chi connectivity index (χ3v) is 4.50. The van der Waals surface area contributed by atoms with Gasteiger partial charge in [0.25, 0.3) is 0 Å². The van der Waals surface area contributed by atoms with Crippen molar-refractivity contribution in [2.45, 2.75) is 24.1 Å². The van der Waals surface area contributed by atoms with Gasteiger partial charge in [0.15, 0.2) is 4.34 Å². The van der Waals surface area contributed by atoms with E-state index in [1.165, 1.54) is 0 Å². The van der Waals surface area contributed by atoms with E-state index < -0.39 is 0 Å². The highest BCUT2D eigenvalue weighted by Crippen LogP contribution is 2.23. The third kappa shape index (κ3) is 3.64. The zero-order chi connectivity index (χ0) is 10.7. The molecule has 1 aliphatic rings. The summed E-state index contributed by atoms with van der Waals surface area (Å²) < 4.78 is 1.00. The maximum atomic E-state index is 11.7. The summed E-state index contributed by atoms with van der Waals surface area (Å²) in [6, 6.07) is 0. The lowest BCUT2D eigenvalue weighted by atomic mass is 10.4. The highest BCUT2D eigenvalue weighted by molar-refractivity contribution is 8.01. The molecule has 0 aromatic carbocycles. The lowest BCUT2D eigenvalue weighted by Gasteiger charge is -2.13. The first-order valence-electron chi connectivity index (χ1n) is 5.08. The summed E-state index contributed by atoms with van der Waals surface area (Å²) in [4.78, 5) is 18.0. The monoisotopic (exact) mass is 278 g/mol. The minimum Gasteiger partial charge on any atom is -0.342 e. The molecule has 6 heteroatoms. The van der Waals surface area contributed by atoms with Crippen LogP contribution in [0.1, 0.15) is 18.5 Å². The van der Waals surface area contributed by atoms with Crippen molar-refractivity contribution in [3.05, 3.63) is 11.1 Å². The van der Waals surface area contributed by atoms with Crippen molar-refractivity contribution in [1.29, 1.82) is 0 Å². The van der Waals surface area contributed by atoms with Crippen LogP contribution >= 0.6 is 35.5 Å². The van der Waals surface area contributed by atoms with Crippen LogP contribution in [0.25, 0.3) is 0 Å². The quantitative estimate of drug-likeness (QED) is 0.797. The molecule has 0 atom stereocenters. The topological polar surface area (TPSA) is 33.2 Å². The minimum absolute atomic E-state index is 0. The van der Waals surface area contributed by atoms with Crippen molar-refractivity contribution in [3.63, 3.8) is 0 Å². The van der Waals surface area contributed by atoms with Gasteiger partial charge in [0, 0.05) is 24.2 Å². The molecule has 3 nitrogen and oxygen atoms in total. The first-order valence-corrected chi connectivity index (χ1v) is 6.95. The number of aryl methyl sites for hydroxylation is 1. The van der Waals surface area contributed by atoms with E-state index in [-0.39, 0.29) is 18.3 Å². The molecule has 2 rings (SSSR count). The summed E-state index contributed by atoms with van der Waals surface area (Å²) in [5.41, 5.74) is 1.04. The van der Waals surface area contributed by atoms with Gasteiger partial charge in [-0.2, -0.15) is 0 Å². The van der Waals surface area contributed by atoms with Gasteiger partial charge in [-0.15, -0.1) is 23.7 Å². The molecule has 0 unspecified atom stereocenters. The summed E-state index contributed by atoms with van der Waals surface area (Å²) in [7, 11) is 0. The fourth-order valence-corrected chi connectivity index (χ4v) is 3.33. The first-order chi connectivity index (χ1) is 7.25. The first kappa shape index (κ1) is 13.8. The summed E-state index contributed by atoms with van der Waals surface area (Å²) >= 11 is 3.17. The Hall–Kier alpha value is -0.260. The van der Waals surface area contributed by atoms with E-state index in [0.717, 1.165) is 36.0 Å². The van der Waals surface area contributed by atoms with Crippen molar-refractivity contribution < 1.29 is 4.79 Å². The molecule has 0 spiro atoms. The molecule has 1 aliphatic heterocycles. The Balaban J connectivity index is 0.00000128. The Kier molecular flexibility index (Phi) is 5.58. The number of carbonyl (C=O) groups is 1. The number of hydrogen-bond donors (Lipinski definition) is 0. The van der Waals surface area contributed by atoms with Gasteiger partial charge in [0.1, 0.15) is 0 Å². The van der Waals surface area contributed by atoms with Gasteiger partial charge in [-0.1, -0.05) is 11.8 Å². The van der Waals surface area contributed by atoms with E-state index in [2.05, 4.69) is 4.98 Å². The second kappa shape index (κ2) is 6.47. The summed E-state index contributed by atoms with van der Waals surface area (Å²) in [6.45, 7) is 3.86. The molecule has 2 heterocycles. The third-order valence-electron chi connectivity index (χ3n) is 2.38. The number of thioether (sulfide) groups is 1. The largest absolute Gasteiger partial charge is 0.342 e. The molecule has 0 radical (unpaired) electrons. The average molecular weight is 279 g/mol.